The predicted molar refractivity (Wildman–Crippen MR) is 63.5 cm³/mol. The third-order valence-corrected chi connectivity index (χ3v) is 2.99. The Morgan fingerprint density at radius 1 is 1.53 bits per heavy atom. The Morgan fingerprint density at radius 2 is 2.27 bits per heavy atom. The normalized spacial score (nSPS) is 14.8. The van der Waals surface area contributed by atoms with Crippen LogP contribution in [0.1, 0.15) is 18.5 Å². The van der Waals surface area contributed by atoms with Gasteiger partial charge in [-0.25, -0.2) is 0 Å². The van der Waals surface area contributed by atoms with Gasteiger partial charge in [0.2, 0.25) is 0 Å². The molecule has 0 saturated carbocycles. The highest BCUT2D eigenvalue weighted by Gasteiger charge is 2.04. The van der Waals surface area contributed by atoms with Crippen molar-refractivity contribution in [2.24, 2.45) is 0 Å². The van der Waals surface area contributed by atoms with Crippen LogP contribution in [0.15, 0.2) is 24.3 Å². The number of benzene rings is 1. The van der Waals surface area contributed by atoms with E-state index in [1.807, 2.05) is 19.1 Å². The van der Waals surface area contributed by atoms with Crippen molar-refractivity contribution >= 4 is 10.8 Å². The van der Waals surface area contributed by atoms with Gasteiger partial charge >= 0.3 is 0 Å². The van der Waals surface area contributed by atoms with E-state index in [0.29, 0.717) is 5.75 Å². The largest absolute Gasteiger partial charge is 0.508 e. The van der Waals surface area contributed by atoms with Gasteiger partial charge in [-0.3, -0.25) is 4.21 Å². The van der Waals surface area contributed by atoms with Crippen molar-refractivity contribution < 1.29 is 9.32 Å². The summed E-state index contributed by atoms with van der Waals surface area (Å²) in [6.07, 6.45) is 1.70. The van der Waals surface area contributed by atoms with E-state index >= 15 is 0 Å². The maximum atomic E-state index is 10.8. The molecule has 1 aromatic rings. The molecule has 0 aromatic heterocycles. The Kier molecular flexibility index (Phi) is 4.78. The van der Waals surface area contributed by atoms with Crippen molar-refractivity contribution in [1.82, 2.24) is 5.32 Å². The van der Waals surface area contributed by atoms with Crippen LogP contribution >= 0.6 is 0 Å². The number of hydrogen-bond donors (Lipinski definition) is 2. The lowest BCUT2D eigenvalue weighted by molar-refractivity contribution is 0.472. The van der Waals surface area contributed by atoms with E-state index in [0.717, 1.165) is 12.1 Å². The predicted octanol–water partition coefficient (Wildman–Crippen LogP) is 1.42. The molecule has 84 valence electrons. The summed E-state index contributed by atoms with van der Waals surface area (Å²) in [5.41, 5.74) is 1.04. The van der Waals surface area contributed by atoms with Gasteiger partial charge in [-0.2, -0.15) is 0 Å². The summed E-state index contributed by atoms with van der Waals surface area (Å²) >= 11 is 0. The molecular weight excluding hydrogens is 210 g/mol. The molecule has 0 radical (unpaired) electrons. The molecule has 4 heteroatoms. The number of phenolic OH excluding ortho intramolecular Hbond substituents is 1. The van der Waals surface area contributed by atoms with Gasteiger partial charge in [0.1, 0.15) is 5.75 Å². The van der Waals surface area contributed by atoms with Gasteiger partial charge in [0.15, 0.2) is 0 Å². The van der Waals surface area contributed by atoms with Crippen LogP contribution in [0.2, 0.25) is 0 Å². The Labute approximate surface area is 93.0 Å². The van der Waals surface area contributed by atoms with Gasteiger partial charge in [0.05, 0.1) is 0 Å². The first-order valence-electron chi connectivity index (χ1n) is 4.92. The zero-order chi connectivity index (χ0) is 11.3. The Balaban J connectivity index is 2.46. The molecule has 0 bridgehead atoms. The molecule has 2 N–H and O–H groups in total. The van der Waals surface area contributed by atoms with Crippen LogP contribution in [-0.4, -0.2) is 27.9 Å². The van der Waals surface area contributed by atoms with Crippen LogP contribution in [0.5, 0.6) is 5.75 Å². The van der Waals surface area contributed by atoms with Crippen molar-refractivity contribution in [3.8, 4) is 5.75 Å². The highest BCUT2D eigenvalue weighted by molar-refractivity contribution is 7.84. The van der Waals surface area contributed by atoms with E-state index in [1.165, 1.54) is 0 Å². The lowest BCUT2D eigenvalue weighted by atomic mass is 10.1. The van der Waals surface area contributed by atoms with Crippen LogP contribution in [-0.2, 0) is 10.8 Å². The summed E-state index contributed by atoms with van der Waals surface area (Å²) in [6.45, 7) is 2.74. The van der Waals surface area contributed by atoms with Gasteiger partial charge in [0, 0.05) is 35.4 Å². The number of phenols is 1. The molecule has 0 heterocycles. The molecule has 2 atom stereocenters. The second-order valence-corrected chi connectivity index (χ2v) is 5.10. The fraction of sp³-hybridized carbons (Fsp3) is 0.455. The summed E-state index contributed by atoms with van der Waals surface area (Å²) in [6, 6.07) is 7.33. The van der Waals surface area contributed by atoms with E-state index in [-0.39, 0.29) is 11.8 Å². The number of hydrogen-bond acceptors (Lipinski definition) is 3. The highest BCUT2D eigenvalue weighted by Crippen LogP contribution is 2.17. The first-order chi connectivity index (χ1) is 7.09. The molecule has 0 fully saturated rings. The van der Waals surface area contributed by atoms with Crippen molar-refractivity contribution in [2.45, 2.75) is 13.0 Å². The molecule has 0 amide bonds. The second kappa shape index (κ2) is 5.88. The van der Waals surface area contributed by atoms with Crippen molar-refractivity contribution in [3.05, 3.63) is 29.8 Å². The Morgan fingerprint density at radius 3 is 2.87 bits per heavy atom. The van der Waals surface area contributed by atoms with Gasteiger partial charge in [-0.15, -0.1) is 0 Å². The minimum absolute atomic E-state index is 0.167. The average molecular weight is 227 g/mol. The van der Waals surface area contributed by atoms with Gasteiger partial charge < -0.3 is 10.4 Å². The van der Waals surface area contributed by atoms with Crippen molar-refractivity contribution in [3.63, 3.8) is 0 Å². The summed E-state index contributed by atoms with van der Waals surface area (Å²) in [4.78, 5) is 0. The summed E-state index contributed by atoms with van der Waals surface area (Å²) in [7, 11) is -0.755. The molecule has 0 aliphatic heterocycles. The smallest absolute Gasteiger partial charge is 0.115 e. The van der Waals surface area contributed by atoms with Crippen molar-refractivity contribution in [2.75, 3.05) is 18.6 Å². The Hall–Kier alpha value is -0.870. The van der Waals surface area contributed by atoms with Crippen LogP contribution in [0.4, 0.5) is 0 Å². The van der Waals surface area contributed by atoms with Crippen LogP contribution < -0.4 is 5.32 Å². The molecule has 0 spiro atoms. The van der Waals surface area contributed by atoms with E-state index in [1.54, 1.807) is 18.4 Å². The molecular formula is C11H17NO2S. The number of nitrogens with one attached hydrogen (secondary N) is 1. The van der Waals surface area contributed by atoms with E-state index in [2.05, 4.69) is 5.32 Å². The monoisotopic (exact) mass is 227 g/mol. The standard InChI is InChI=1S/C11H17NO2S/c1-9(12-6-7-15(2)14)10-4-3-5-11(13)8-10/h3-5,8-9,12-13H,6-7H2,1-2H3. The van der Waals surface area contributed by atoms with Gasteiger partial charge in [-0.1, -0.05) is 12.1 Å². The summed E-state index contributed by atoms with van der Waals surface area (Å²) in [5.74, 6) is 0.934. The van der Waals surface area contributed by atoms with Gasteiger partial charge in [0.25, 0.3) is 0 Å². The van der Waals surface area contributed by atoms with Gasteiger partial charge in [-0.05, 0) is 24.6 Å². The molecule has 0 saturated heterocycles. The van der Waals surface area contributed by atoms with Crippen molar-refractivity contribution in [1.29, 1.82) is 0 Å². The Bertz CT molecular complexity index is 341. The number of aromatic hydroxyl groups is 1. The molecule has 15 heavy (non-hydrogen) atoms. The maximum absolute atomic E-state index is 10.8. The summed E-state index contributed by atoms with van der Waals surface area (Å²) < 4.78 is 10.8. The quantitative estimate of drug-likeness (QED) is 0.800. The van der Waals surface area contributed by atoms with E-state index in [4.69, 9.17) is 0 Å². The fourth-order valence-electron chi connectivity index (χ4n) is 1.33. The van der Waals surface area contributed by atoms with E-state index < -0.39 is 10.8 Å². The summed E-state index contributed by atoms with van der Waals surface area (Å²) in [5, 5.41) is 12.6. The minimum atomic E-state index is -0.755. The molecule has 3 nitrogen and oxygen atoms in total. The highest BCUT2D eigenvalue weighted by atomic mass is 32.2. The molecule has 0 aliphatic carbocycles. The molecule has 1 aromatic carbocycles. The first-order valence-corrected chi connectivity index (χ1v) is 6.64. The topological polar surface area (TPSA) is 49.3 Å². The third kappa shape index (κ3) is 4.44. The fourth-order valence-corrected chi connectivity index (χ4v) is 1.74. The van der Waals surface area contributed by atoms with Crippen LogP contribution in [0.3, 0.4) is 0 Å². The average Bonchev–Trinajstić information content (AvgIpc) is 2.17. The van der Waals surface area contributed by atoms with E-state index in [9.17, 15) is 9.32 Å². The second-order valence-electron chi connectivity index (χ2n) is 3.55. The minimum Gasteiger partial charge on any atom is -0.508 e. The molecule has 1 rings (SSSR count). The number of rotatable bonds is 5. The lowest BCUT2D eigenvalue weighted by Crippen LogP contribution is -2.23. The molecule has 0 aliphatic rings. The molecule has 2 unspecified atom stereocenters. The first kappa shape index (κ1) is 12.2. The zero-order valence-corrected chi connectivity index (χ0v) is 9.88. The van der Waals surface area contributed by atoms with Crippen LogP contribution in [0, 0.1) is 0 Å². The maximum Gasteiger partial charge on any atom is 0.115 e. The lowest BCUT2D eigenvalue weighted by Gasteiger charge is -2.13. The zero-order valence-electron chi connectivity index (χ0n) is 9.06. The SMILES string of the molecule is CC(NCCS(C)=O)c1cccc(O)c1. The van der Waals surface area contributed by atoms with Crippen LogP contribution in [0.25, 0.3) is 0 Å². The third-order valence-electron chi connectivity index (χ3n) is 2.21.